The minimum absolute atomic E-state index is 0.162. The summed E-state index contributed by atoms with van der Waals surface area (Å²) in [6.45, 7) is 5.83. The third kappa shape index (κ3) is 4.87. The van der Waals surface area contributed by atoms with Gasteiger partial charge < -0.3 is 15.5 Å². The van der Waals surface area contributed by atoms with E-state index in [4.69, 9.17) is 0 Å². The van der Waals surface area contributed by atoms with E-state index < -0.39 is 29.0 Å². The highest BCUT2D eigenvalue weighted by Crippen LogP contribution is 2.21. The van der Waals surface area contributed by atoms with E-state index in [0.29, 0.717) is 17.8 Å². The van der Waals surface area contributed by atoms with Crippen molar-refractivity contribution in [2.45, 2.75) is 20.3 Å². The van der Waals surface area contributed by atoms with Gasteiger partial charge in [-0.1, -0.05) is 13.8 Å². The Morgan fingerprint density at radius 2 is 1.84 bits per heavy atom. The lowest BCUT2D eigenvalue weighted by molar-refractivity contribution is -0.115. The van der Waals surface area contributed by atoms with Gasteiger partial charge in [-0.3, -0.25) is 9.79 Å². The Kier molecular flexibility index (Phi) is 6.27. The van der Waals surface area contributed by atoms with Gasteiger partial charge in [-0.2, -0.15) is 0 Å². The van der Waals surface area contributed by atoms with Crippen LogP contribution in [0.4, 0.5) is 18.9 Å². The molecule has 0 spiro atoms. The van der Waals surface area contributed by atoms with Crippen LogP contribution in [0.1, 0.15) is 20.3 Å². The first-order valence-corrected chi connectivity index (χ1v) is 8.20. The first kappa shape index (κ1) is 19.1. The average Bonchev–Trinajstić information content (AvgIpc) is 2.55. The fourth-order valence-corrected chi connectivity index (χ4v) is 3.14. The van der Waals surface area contributed by atoms with Crippen molar-refractivity contribution in [2.75, 3.05) is 32.0 Å². The molecular formula is C17H23F3N4O. The van der Waals surface area contributed by atoms with Gasteiger partial charge in [0.25, 0.3) is 0 Å². The summed E-state index contributed by atoms with van der Waals surface area (Å²) in [4.78, 5) is 18.2. The summed E-state index contributed by atoms with van der Waals surface area (Å²) in [6.07, 6.45) is 1.14. The fourth-order valence-electron chi connectivity index (χ4n) is 3.14. The van der Waals surface area contributed by atoms with Crippen molar-refractivity contribution in [3.05, 3.63) is 29.6 Å². The minimum Gasteiger partial charge on any atom is -0.347 e. The van der Waals surface area contributed by atoms with Crippen LogP contribution in [0.2, 0.25) is 0 Å². The standard InChI is InChI=1S/C17H23F3N4O/c1-10-6-11(2)9-24(8-10)17(21-3)22-7-14(25)23-13-5-4-12(18)15(19)16(13)20/h4-5,10-11H,6-9H2,1-3H3,(H,21,22)(H,23,25). The zero-order valence-electron chi connectivity index (χ0n) is 14.6. The van der Waals surface area contributed by atoms with Crippen molar-refractivity contribution in [3.63, 3.8) is 0 Å². The number of benzene rings is 1. The van der Waals surface area contributed by atoms with Crippen molar-refractivity contribution in [1.82, 2.24) is 10.2 Å². The summed E-state index contributed by atoms with van der Waals surface area (Å²) in [5.74, 6) is -3.29. The molecule has 5 nitrogen and oxygen atoms in total. The van der Waals surface area contributed by atoms with Crippen molar-refractivity contribution in [2.24, 2.45) is 16.8 Å². The van der Waals surface area contributed by atoms with E-state index in [0.717, 1.165) is 31.6 Å². The maximum absolute atomic E-state index is 13.6. The van der Waals surface area contributed by atoms with Crippen LogP contribution < -0.4 is 10.6 Å². The number of carbonyl (C=O) groups is 1. The molecule has 2 unspecified atom stereocenters. The predicted octanol–water partition coefficient (Wildman–Crippen LogP) is 2.60. The largest absolute Gasteiger partial charge is 0.347 e. The summed E-state index contributed by atoms with van der Waals surface area (Å²) in [5, 5.41) is 5.14. The third-order valence-corrected chi connectivity index (χ3v) is 4.10. The van der Waals surface area contributed by atoms with Crippen LogP contribution in [0.25, 0.3) is 0 Å². The van der Waals surface area contributed by atoms with Crippen molar-refractivity contribution < 1.29 is 18.0 Å². The number of anilines is 1. The predicted molar refractivity (Wildman–Crippen MR) is 90.8 cm³/mol. The molecule has 0 bridgehead atoms. The second-order valence-corrected chi connectivity index (χ2v) is 6.52. The lowest BCUT2D eigenvalue weighted by Crippen LogP contribution is -2.49. The smallest absolute Gasteiger partial charge is 0.243 e. The quantitative estimate of drug-likeness (QED) is 0.497. The van der Waals surface area contributed by atoms with Crippen molar-refractivity contribution >= 4 is 17.6 Å². The number of aliphatic imine (C=N–C) groups is 1. The molecule has 1 aromatic carbocycles. The molecule has 1 fully saturated rings. The molecule has 0 aliphatic carbocycles. The van der Waals surface area contributed by atoms with Gasteiger partial charge in [0.2, 0.25) is 5.91 Å². The summed E-state index contributed by atoms with van der Waals surface area (Å²) in [7, 11) is 1.62. The maximum Gasteiger partial charge on any atom is 0.243 e. The minimum atomic E-state index is -1.61. The number of halogens is 3. The van der Waals surface area contributed by atoms with Crippen LogP contribution in [0.3, 0.4) is 0 Å². The molecule has 8 heteroatoms. The first-order chi connectivity index (χ1) is 11.8. The summed E-state index contributed by atoms with van der Waals surface area (Å²) in [6, 6.07) is 1.74. The van der Waals surface area contributed by atoms with E-state index in [2.05, 4.69) is 34.4 Å². The van der Waals surface area contributed by atoms with E-state index >= 15 is 0 Å². The average molecular weight is 356 g/mol. The number of hydrogen-bond donors (Lipinski definition) is 2. The van der Waals surface area contributed by atoms with Gasteiger partial charge in [-0.25, -0.2) is 13.2 Å². The van der Waals surface area contributed by atoms with E-state index in [1.807, 2.05) is 0 Å². The van der Waals surface area contributed by atoms with Gasteiger partial charge >= 0.3 is 0 Å². The van der Waals surface area contributed by atoms with Gasteiger partial charge in [0, 0.05) is 20.1 Å². The van der Waals surface area contributed by atoms with Crippen LogP contribution in [-0.2, 0) is 4.79 Å². The molecule has 0 radical (unpaired) electrons. The zero-order valence-corrected chi connectivity index (χ0v) is 14.6. The second-order valence-electron chi connectivity index (χ2n) is 6.52. The molecule has 1 saturated heterocycles. The van der Waals surface area contributed by atoms with Crippen LogP contribution >= 0.6 is 0 Å². The summed E-state index contributed by atoms with van der Waals surface area (Å²) < 4.78 is 39.7. The van der Waals surface area contributed by atoms with Crippen LogP contribution in [0, 0.1) is 29.3 Å². The Balaban J connectivity index is 1.93. The van der Waals surface area contributed by atoms with E-state index in [-0.39, 0.29) is 6.54 Å². The highest BCUT2D eigenvalue weighted by molar-refractivity contribution is 5.95. The summed E-state index contributed by atoms with van der Waals surface area (Å²) in [5.41, 5.74) is -0.402. The fraction of sp³-hybridized carbons (Fsp3) is 0.529. The highest BCUT2D eigenvalue weighted by atomic mass is 19.2. The summed E-state index contributed by atoms with van der Waals surface area (Å²) >= 11 is 0. The number of likely N-dealkylation sites (tertiary alicyclic amines) is 1. The molecule has 138 valence electrons. The number of nitrogens with one attached hydrogen (secondary N) is 2. The Labute approximate surface area is 145 Å². The molecule has 1 aromatic rings. The number of amides is 1. The molecule has 0 aromatic heterocycles. The number of rotatable bonds is 3. The van der Waals surface area contributed by atoms with Gasteiger partial charge in [0.15, 0.2) is 23.4 Å². The van der Waals surface area contributed by atoms with Gasteiger partial charge in [-0.15, -0.1) is 0 Å². The molecule has 25 heavy (non-hydrogen) atoms. The number of hydrogen-bond acceptors (Lipinski definition) is 2. The SMILES string of the molecule is CN=C(NCC(=O)Nc1ccc(F)c(F)c1F)N1CC(C)CC(C)C1. The number of nitrogens with zero attached hydrogens (tertiary/aromatic N) is 2. The molecule has 2 rings (SSSR count). The molecule has 1 aliphatic heterocycles. The van der Waals surface area contributed by atoms with Crippen LogP contribution in [-0.4, -0.2) is 43.4 Å². The van der Waals surface area contributed by atoms with Gasteiger partial charge in [0.1, 0.15) is 0 Å². The lowest BCUT2D eigenvalue weighted by Gasteiger charge is -2.37. The van der Waals surface area contributed by atoms with Crippen molar-refractivity contribution in [3.8, 4) is 0 Å². The van der Waals surface area contributed by atoms with E-state index in [1.54, 1.807) is 7.05 Å². The molecule has 2 atom stereocenters. The molecule has 1 heterocycles. The zero-order chi connectivity index (χ0) is 18.6. The molecule has 1 amide bonds. The third-order valence-electron chi connectivity index (χ3n) is 4.10. The first-order valence-electron chi connectivity index (χ1n) is 8.20. The molecular weight excluding hydrogens is 333 g/mol. The Hall–Kier alpha value is -2.25. The van der Waals surface area contributed by atoms with E-state index in [1.165, 1.54) is 0 Å². The van der Waals surface area contributed by atoms with Crippen LogP contribution in [0.5, 0.6) is 0 Å². The normalized spacial score (nSPS) is 21.2. The Morgan fingerprint density at radius 3 is 2.44 bits per heavy atom. The van der Waals surface area contributed by atoms with Gasteiger partial charge in [-0.05, 0) is 30.4 Å². The van der Waals surface area contributed by atoms with Gasteiger partial charge in [0.05, 0.1) is 12.2 Å². The molecule has 1 aliphatic rings. The molecule has 2 N–H and O–H groups in total. The lowest BCUT2D eigenvalue weighted by atomic mass is 9.92. The monoisotopic (exact) mass is 356 g/mol. The number of piperidine rings is 1. The number of guanidine groups is 1. The number of carbonyl (C=O) groups excluding carboxylic acids is 1. The molecule has 0 saturated carbocycles. The van der Waals surface area contributed by atoms with Crippen LogP contribution in [0.15, 0.2) is 17.1 Å². The Morgan fingerprint density at radius 1 is 1.20 bits per heavy atom. The topological polar surface area (TPSA) is 56.7 Å². The second kappa shape index (κ2) is 8.22. The Bertz CT molecular complexity index is 656. The highest BCUT2D eigenvalue weighted by Gasteiger charge is 2.24. The maximum atomic E-state index is 13.6. The van der Waals surface area contributed by atoms with E-state index in [9.17, 15) is 18.0 Å². The van der Waals surface area contributed by atoms with Crippen molar-refractivity contribution in [1.29, 1.82) is 0 Å².